The Hall–Kier alpha value is -3.64. The van der Waals surface area contributed by atoms with Gasteiger partial charge in [-0.1, -0.05) is 49.7 Å². The van der Waals surface area contributed by atoms with Crippen LogP contribution in [0.3, 0.4) is 0 Å². The molecule has 1 aliphatic heterocycles. The Morgan fingerprint density at radius 1 is 1.11 bits per heavy atom. The summed E-state index contributed by atoms with van der Waals surface area (Å²) < 4.78 is 26.0. The molecule has 2 atom stereocenters. The van der Waals surface area contributed by atoms with Gasteiger partial charge in [0.2, 0.25) is 0 Å². The van der Waals surface area contributed by atoms with Gasteiger partial charge < -0.3 is 19.5 Å². The van der Waals surface area contributed by atoms with Crippen LogP contribution >= 0.6 is 0 Å². The van der Waals surface area contributed by atoms with Crippen molar-refractivity contribution < 1.29 is 23.8 Å². The van der Waals surface area contributed by atoms with E-state index in [-0.39, 0.29) is 18.1 Å². The molecule has 1 N–H and O–H groups in total. The van der Waals surface area contributed by atoms with Crippen LogP contribution < -0.4 is 9.64 Å². The average Bonchev–Trinajstić information content (AvgIpc) is 3.02. The van der Waals surface area contributed by atoms with E-state index < -0.39 is 5.97 Å². The zero-order valence-electron chi connectivity index (χ0n) is 21.6. The topological polar surface area (TPSA) is 59.0 Å². The van der Waals surface area contributed by atoms with Crippen LogP contribution in [0.2, 0.25) is 0 Å². The largest absolute Gasteiger partial charge is 0.478 e. The number of carboxylic acids is 1. The van der Waals surface area contributed by atoms with Crippen LogP contribution in [0.1, 0.15) is 51.2 Å². The highest BCUT2D eigenvalue weighted by Crippen LogP contribution is 2.36. The molecule has 37 heavy (non-hydrogen) atoms. The second kappa shape index (κ2) is 12.1. The Morgan fingerprint density at radius 2 is 1.84 bits per heavy atom. The highest BCUT2D eigenvalue weighted by molar-refractivity contribution is 5.95. The second-order valence-corrected chi connectivity index (χ2v) is 9.45. The first-order valence-electron chi connectivity index (χ1n) is 12.8. The summed E-state index contributed by atoms with van der Waals surface area (Å²) in [6.07, 6.45) is 3.85. The quantitative estimate of drug-likeness (QED) is 0.232. The molecule has 0 saturated heterocycles. The van der Waals surface area contributed by atoms with Crippen molar-refractivity contribution in [2.45, 2.75) is 58.9 Å². The monoisotopic (exact) mass is 503 g/mol. The van der Waals surface area contributed by atoms with E-state index in [9.17, 15) is 14.3 Å². The van der Waals surface area contributed by atoms with Gasteiger partial charge in [0.05, 0.1) is 6.61 Å². The highest BCUT2D eigenvalue weighted by atomic mass is 19.1. The van der Waals surface area contributed by atoms with Gasteiger partial charge in [0, 0.05) is 29.4 Å². The number of aliphatic carboxylic acids is 1. The van der Waals surface area contributed by atoms with Crippen LogP contribution in [0.4, 0.5) is 10.1 Å². The number of nitrogens with zero attached hydrogens (tertiary/aromatic N) is 1. The van der Waals surface area contributed by atoms with E-state index in [1.165, 1.54) is 6.07 Å². The maximum Gasteiger partial charge on any atom is 0.331 e. The minimum Gasteiger partial charge on any atom is -0.478 e. The standard InChI is InChI=1S/C31H34FNO4/c1-4-5-16-36-22(3)37-28-13-10-23(11-14-28)24-12-15-30-26(18-24)19-27(31(34)35)17-21(2)33(30)20-25-8-6-7-9-29(25)32/h6-15,18-19,21-22H,4-5,16-17,20H2,1-3H3,(H,34,35). The molecule has 0 aliphatic carbocycles. The van der Waals surface area contributed by atoms with Gasteiger partial charge in [0.1, 0.15) is 11.6 Å². The molecule has 1 aliphatic rings. The van der Waals surface area contributed by atoms with Crippen molar-refractivity contribution in [3.05, 3.63) is 89.2 Å². The number of rotatable bonds is 10. The number of ether oxygens (including phenoxy) is 2. The van der Waals surface area contributed by atoms with Crippen LogP contribution in [0, 0.1) is 5.82 Å². The number of hydrogen-bond acceptors (Lipinski definition) is 4. The molecular formula is C31H34FNO4. The first-order chi connectivity index (χ1) is 17.9. The summed E-state index contributed by atoms with van der Waals surface area (Å²) in [7, 11) is 0. The lowest BCUT2D eigenvalue weighted by atomic mass is 10.00. The van der Waals surface area contributed by atoms with Crippen LogP contribution in [0.5, 0.6) is 5.75 Å². The summed E-state index contributed by atoms with van der Waals surface area (Å²) in [4.78, 5) is 14.1. The number of carboxylic acid groups (broad SMARTS) is 1. The van der Waals surface area contributed by atoms with Crippen LogP contribution in [0.25, 0.3) is 17.2 Å². The minimum absolute atomic E-state index is 0.118. The maximum absolute atomic E-state index is 14.5. The first kappa shape index (κ1) is 26.4. The summed E-state index contributed by atoms with van der Waals surface area (Å²) in [5.41, 5.74) is 4.54. The Balaban J connectivity index is 1.61. The zero-order chi connectivity index (χ0) is 26.4. The molecule has 194 valence electrons. The molecule has 1 heterocycles. The number of anilines is 1. The summed E-state index contributed by atoms with van der Waals surface area (Å²) in [6, 6.07) is 20.4. The number of unbranched alkanes of at least 4 members (excludes halogenated alkanes) is 1. The molecule has 4 rings (SSSR count). The van der Waals surface area contributed by atoms with Crippen molar-refractivity contribution in [3.63, 3.8) is 0 Å². The Morgan fingerprint density at radius 3 is 2.54 bits per heavy atom. The number of hydrogen-bond donors (Lipinski definition) is 1. The van der Waals surface area contributed by atoms with Crippen LogP contribution in [0.15, 0.2) is 72.3 Å². The molecule has 0 spiro atoms. The fourth-order valence-corrected chi connectivity index (χ4v) is 4.57. The molecule has 6 heteroatoms. The van der Waals surface area contributed by atoms with Gasteiger partial charge >= 0.3 is 5.97 Å². The van der Waals surface area contributed by atoms with Crippen LogP contribution in [-0.2, 0) is 16.1 Å². The number of halogens is 1. The van der Waals surface area contributed by atoms with Crippen molar-refractivity contribution >= 4 is 17.7 Å². The van der Waals surface area contributed by atoms with E-state index in [0.29, 0.717) is 30.7 Å². The molecule has 3 aromatic rings. The van der Waals surface area contributed by atoms with Gasteiger partial charge in [-0.3, -0.25) is 0 Å². The third-order valence-corrected chi connectivity index (χ3v) is 6.63. The molecule has 0 saturated carbocycles. The van der Waals surface area contributed by atoms with E-state index >= 15 is 0 Å². The Kier molecular flexibility index (Phi) is 8.62. The van der Waals surface area contributed by atoms with Gasteiger partial charge in [-0.25, -0.2) is 9.18 Å². The Labute approximate surface area is 218 Å². The van der Waals surface area contributed by atoms with E-state index in [0.717, 1.165) is 41.0 Å². The molecule has 0 aromatic heterocycles. The van der Waals surface area contributed by atoms with E-state index in [2.05, 4.69) is 11.8 Å². The second-order valence-electron chi connectivity index (χ2n) is 9.45. The summed E-state index contributed by atoms with van der Waals surface area (Å²) in [5.74, 6) is -0.482. The van der Waals surface area contributed by atoms with E-state index in [1.54, 1.807) is 18.2 Å². The third-order valence-electron chi connectivity index (χ3n) is 6.63. The predicted molar refractivity (Wildman–Crippen MR) is 145 cm³/mol. The summed E-state index contributed by atoms with van der Waals surface area (Å²) in [6.45, 7) is 7.01. The summed E-state index contributed by atoms with van der Waals surface area (Å²) in [5, 5.41) is 9.81. The average molecular weight is 504 g/mol. The van der Waals surface area contributed by atoms with Crippen molar-refractivity contribution in [2.24, 2.45) is 0 Å². The number of fused-ring (bicyclic) bond motifs is 1. The van der Waals surface area contributed by atoms with Crippen molar-refractivity contribution in [1.29, 1.82) is 0 Å². The molecule has 2 unspecified atom stereocenters. The molecule has 0 bridgehead atoms. The molecule has 0 amide bonds. The highest BCUT2D eigenvalue weighted by Gasteiger charge is 2.26. The normalized spacial score (nSPS) is 15.9. The molecule has 3 aromatic carbocycles. The number of carbonyl (C=O) groups is 1. The molecule has 0 radical (unpaired) electrons. The van der Waals surface area contributed by atoms with Gasteiger partial charge in [-0.05, 0) is 79.8 Å². The van der Waals surface area contributed by atoms with Gasteiger partial charge in [0.15, 0.2) is 6.29 Å². The van der Waals surface area contributed by atoms with Gasteiger partial charge in [-0.15, -0.1) is 0 Å². The van der Waals surface area contributed by atoms with Crippen LogP contribution in [-0.4, -0.2) is 30.0 Å². The predicted octanol–water partition coefficient (Wildman–Crippen LogP) is 7.30. The molecule has 0 fully saturated rings. The smallest absolute Gasteiger partial charge is 0.331 e. The Bertz CT molecular complexity index is 1250. The zero-order valence-corrected chi connectivity index (χ0v) is 21.6. The first-order valence-corrected chi connectivity index (χ1v) is 12.8. The van der Waals surface area contributed by atoms with Crippen molar-refractivity contribution in [2.75, 3.05) is 11.5 Å². The lowest BCUT2D eigenvalue weighted by Gasteiger charge is -2.31. The lowest BCUT2D eigenvalue weighted by molar-refractivity contribution is -0.132. The molecular weight excluding hydrogens is 469 g/mol. The molecule has 5 nitrogen and oxygen atoms in total. The summed E-state index contributed by atoms with van der Waals surface area (Å²) >= 11 is 0. The fourth-order valence-electron chi connectivity index (χ4n) is 4.57. The lowest BCUT2D eigenvalue weighted by Crippen LogP contribution is -2.33. The van der Waals surface area contributed by atoms with E-state index in [1.807, 2.05) is 62.4 Å². The van der Waals surface area contributed by atoms with Crippen molar-refractivity contribution in [1.82, 2.24) is 0 Å². The maximum atomic E-state index is 14.5. The van der Waals surface area contributed by atoms with Gasteiger partial charge in [-0.2, -0.15) is 0 Å². The van der Waals surface area contributed by atoms with Crippen molar-refractivity contribution in [3.8, 4) is 16.9 Å². The van der Waals surface area contributed by atoms with E-state index in [4.69, 9.17) is 9.47 Å². The number of benzene rings is 3. The SMILES string of the molecule is CCCCOC(C)Oc1ccc(-c2ccc3c(c2)C=C(C(=O)O)CC(C)N3Cc2ccccc2F)cc1. The van der Waals surface area contributed by atoms with Gasteiger partial charge in [0.25, 0.3) is 0 Å². The fraction of sp³-hybridized carbons (Fsp3) is 0.323. The third kappa shape index (κ3) is 6.57. The minimum atomic E-state index is -0.937.